The van der Waals surface area contributed by atoms with Gasteiger partial charge < -0.3 is 9.88 Å². The van der Waals surface area contributed by atoms with Gasteiger partial charge in [0.2, 0.25) is 11.8 Å². The Morgan fingerprint density at radius 3 is 2.62 bits per heavy atom. The van der Waals surface area contributed by atoms with Crippen LogP contribution in [0.3, 0.4) is 0 Å². The maximum Gasteiger partial charge on any atom is 0.262 e. The van der Waals surface area contributed by atoms with Crippen LogP contribution in [-0.4, -0.2) is 49.6 Å². The van der Waals surface area contributed by atoms with Crippen molar-refractivity contribution in [2.75, 3.05) is 13.1 Å². The van der Waals surface area contributed by atoms with E-state index in [1.165, 1.54) is 12.6 Å². The van der Waals surface area contributed by atoms with Gasteiger partial charge >= 0.3 is 0 Å². The fourth-order valence-electron chi connectivity index (χ4n) is 4.78. The van der Waals surface area contributed by atoms with Crippen LogP contribution in [0.15, 0.2) is 11.0 Å². The highest BCUT2D eigenvalue weighted by Gasteiger charge is 2.48. The van der Waals surface area contributed by atoms with Crippen molar-refractivity contribution in [1.29, 1.82) is 0 Å². The Balaban J connectivity index is 1.39. The van der Waals surface area contributed by atoms with Crippen molar-refractivity contribution in [1.82, 2.24) is 24.6 Å². The molecule has 2 aromatic heterocycles. The van der Waals surface area contributed by atoms with Crippen LogP contribution in [-0.2, 0) is 4.79 Å². The molecule has 0 spiro atoms. The molecule has 9 heteroatoms. The number of nitrogens with zero attached hydrogens (tertiary/aromatic N) is 4. The standard InChI is InChI=1S/C20H25F2N5O2/c21-20(22)6-4-12(5-7-20)27-17-15(11-23-27)18(28)25-16(24-17)13-10-14(13)19(29)26-8-2-1-3-9-26/h11-14H,1-10H2,(H,24,25,28). The summed E-state index contributed by atoms with van der Waals surface area (Å²) in [5.41, 5.74) is 0.156. The van der Waals surface area contributed by atoms with Gasteiger partial charge in [0.25, 0.3) is 5.56 Å². The molecule has 2 atom stereocenters. The molecule has 3 heterocycles. The first-order valence-corrected chi connectivity index (χ1v) is 10.6. The first-order valence-electron chi connectivity index (χ1n) is 10.6. The van der Waals surface area contributed by atoms with E-state index in [-0.39, 0.29) is 42.2 Å². The predicted molar refractivity (Wildman–Crippen MR) is 102 cm³/mol. The van der Waals surface area contributed by atoms with Crippen molar-refractivity contribution in [3.05, 3.63) is 22.4 Å². The lowest BCUT2D eigenvalue weighted by atomic mass is 9.92. The van der Waals surface area contributed by atoms with Gasteiger partial charge in [-0.3, -0.25) is 9.59 Å². The number of hydrogen-bond acceptors (Lipinski definition) is 4. The molecule has 5 rings (SSSR count). The Hall–Kier alpha value is -2.32. The summed E-state index contributed by atoms with van der Waals surface area (Å²) in [5.74, 6) is -2.16. The summed E-state index contributed by atoms with van der Waals surface area (Å²) in [6.45, 7) is 1.62. The molecule has 2 aliphatic carbocycles. The number of alkyl halides is 2. The van der Waals surface area contributed by atoms with E-state index in [1.807, 2.05) is 4.90 Å². The number of fused-ring (bicyclic) bond motifs is 1. The number of amides is 1. The van der Waals surface area contributed by atoms with Crippen LogP contribution in [0.25, 0.3) is 11.0 Å². The fraction of sp³-hybridized carbons (Fsp3) is 0.700. The first kappa shape index (κ1) is 18.7. The second kappa shape index (κ2) is 6.88. The molecule has 3 fully saturated rings. The van der Waals surface area contributed by atoms with Crippen molar-refractivity contribution >= 4 is 16.9 Å². The van der Waals surface area contributed by atoms with Crippen LogP contribution >= 0.6 is 0 Å². The molecule has 0 aromatic carbocycles. The summed E-state index contributed by atoms with van der Waals surface area (Å²) in [6, 6.07) is -0.181. The molecule has 1 saturated heterocycles. The predicted octanol–water partition coefficient (Wildman–Crippen LogP) is 2.99. The lowest BCUT2D eigenvalue weighted by Gasteiger charge is -2.28. The van der Waals surface area contributed by atoms with Crippen LogP contribution in [0.4, 0.5) is 8.78 Å². The van der Waals surface area contributed by atoms with Gasteiger partial charge in [0.15, 0.2) is 5.65 Å². The molecule has 2 aromatic rings. The largest absolute Gasteiger partial charge is 0.342 e. The summed E-state index contributed by atoms with van der Waals surface area (Å²) in [6.07, 6.45) is 5.68. The lowest BCUT2D eigenvalue weighted by Crippen LogP contribution is -2.37. The zero-order valence-corrected chi connectivity index (χ0v) is 16.2. The summed E-state index contributed by atoms with van der Waals surface area (Å²) in [7, 11) is 0. The molecule has 7 nitrogen and oxygen atoms in total. The van der Waals surface area contributed by atoms with Gasteiger partial charge in [-0.2, -0.15) is 5.10 Å². The molecular weight excluding hydrogens is 380 g/mol. The van der Waals surface area contributed by atoms with Gasteiger partial charge in [0.05, 0.1) is 12.2 Å². The minimum Gasteiger partial charge on any atom is -0.342 e. The number of H-pyrrole nitrogens is 1. The molecule has 29 heavy (non-hydrogen) atoms. The van der Waals surface area contributed by atoms with Crippen molar-refractivity contribution < 1.29 is 13.6 Å². The van der Waals surface area contributed by atoms with E-state index < -0.39 is 5.92 Å². The minimum absolute atomic E-state index is 0.0828. The molecule has 156 valence electrons. The maximum atomic E-state index is 13.5. The van der Waals surface area contributed by atoms with E-state index >= 15 is 0 Å². The fourth-order valence-corrected chi connectivity index (χ4v) is 4.78. The third-order valence-electron chi connectivity index (χ3n) is 6.64. The number of nitrogens with one attached hydrogen (secondary N) is 1. The monoisotopic (exact) mass is 405 g/mol. The second-order valence-corrected chi connectivity index (χ2v) is 8.70. The number of carbonyl (C=O) groups is 1. The third-order valence-corrected chi connectivity index (χ3v) is 6.64. The topological polar surface area (TPSA) is 83.9 Å². The molecule has 2 saturated carbocycles. The Bertz CT molecular complexity index is 984. The third kappa shape index (κ3) is 3.44. The molecule has 2 unspecified atom stereocenters. The van der Waals surface area contributed by atoms with Crippen LogP contribution in [0.5, 0.6) is 0 Å². The highest BCUT2D eigenvalue weighted by molar-refractivity contribution is 5.83. The number of likely N-dealkylation sites (tertiary alicyclic amines) is 1. The average Bonchev–Trinajstić information content (AvgIpc) is 3.40. The van der Waals surface area contributed by atoms with Crippen LogP contribution in [0, 0.1) is 5.92 Å². The number of hydrogen-bond donors (Lipinski definition) is 1. The van der Waals surface area contributed by atoms with Gasteiger partial charge in [-0.05, 0) is 38.5 Å². The number of aromatic nitrogens is 4. The Morgan fingerprint density at radius 1 is 1.17 bits per heavy atom. The molecule has 1 aliphatic heterocycles. The molecule has 3 aliphatic rings. The van der Waals surface area contributed by atoms with Crippen LogP contribution in [0.1, 0.15) is 69.2 Å². The van der Waals surface area contributed by atoms with E-state index in [0.717, 1.165) is 25.9 Å². The molecule has 1 N–H and O–H groups in total. The number of piperidine rings is 1. The quantitative estimate of drug-likeness (QED) is 0.851. The normalized spacial score (nSPS) is 27.3. The number of carbonyl (C=O) groups excluding carboxylic acids is 1. The Morgan fingerprint density at radius 2 is 1.90 bits per heavy atom. The van der Waals surface area contributed by atoms with Gasteiger partial charge in [-0.15, -0.1) is 0 Å². The first-order chi connectivity index (χ1) is 13.9. The van der Waals surface area contributed by atoms with E-state index in [4.69, 9.17) is 0 Å². The Labute approximate surface area is 166 Å². The van der Waals surface area contributed by atoms with Gasteiger partial charge in [-0.25, -0.2) is 18.4 Å². The van der Waals surface area contributed by atoms with E-state index in [9.17, 15) is 18.4 Å². The molecule has 0 bridgehead atoms. The summed E-state index contributed by atoms with van der Waals surface area (Å²) in [5, 5.41) is 4.66. The molecule has 1 amide bonds. The zero-order chi connectivity index (χ0) is 20.2. The minimum atomic E-state index is -2.62. The maximum absolute atomic E-state index is 13.5. The van der Waals surface area contributed by atoms with Gasteiger partial charge in [0.1, 0.15) is 11.2 Å². The average molecular weight is 405 g/mol. The van der Waals surface area contributed by atoms with Crippen molar-refractivity contribution in [2.45, 2.75) is 69.2 Å². The zero-order valence-electron chi connectivity index (χ0n) is 16.2. The SMILES string of the molecule is O=C(C1CC1c1nc2c(cnn2C2CCC(F)(F)CC2)c(=O)[nH]1)N1CCCCC1. The van der Waals surface area contributed by atoms with Crippen molar-refractivity contribution in [3.8, 4) is 0 Å². The summed E-state index contributed by atoms with van der Waals surface area (Å²) in [4.78, 5) is 34.7. The summed E-state index contributed by atoms with van der Waals surface area (Å²) < 4.78 is 28.7. The smallest absolute Gasteiger partial charge is 0.262 e. The highest BCUT2D eigenvalue weighted by Crippen LogP contribution is 2.47. The van der Waals surface area contributed by atoms with Crippen molar-refractivity contribution in [2.24, 2.45) is 5.92 Å². The van der Waals surface area contributed by atoms with E-state index in [2.05, 4.69) is 15.1 Å². The summed E-state index contributed by atoms with van der Waals surface area (Å²) >= 11 is 0. The Kier molecular flexibility index (Phi) is 4.43. The number of halogens is 2. The number of aromatic amines is 1. The van der Waals surface area contributed by atoms with Gasteiger partial charge in [0, 0.05) is 37.8 Å². The number of rotatable bonds is 3. The molecule has 0 radical (unpaired) electrons. The van der Waals surface area contributed by atoms with E-state index in [1.54, 1.807) is 4.68 Å². The molecular formula is C20H25F2N5O2. The lowest BCUT2D eigenvalue weighted by molar-refractivity contribution is -0.133. The van der Waals surface area contributed by atoms with Gasteiger partial charge in [-0.1, -0.05) is 0 Å². The second-order valence-electron chi connectivity index (χ2n) is 8.70. The highest BCUT2D eigenvalue weighted by atomic mass is 19.3. The van der Waals surface area contributed by atoms with Crippen molar-refractivity contribution in [3.63, 3.8) is 0 Å². The van der Waals surface area contributed by atoms with E-state index in [0.29, 0.717) is 36.1 Å². The van der Waals surface area contributed by atoms with Crippen LogP contribution < -0.4 is 5.56 Å². The van der Waals surface area contributed by atoms with Crippen LogP contribution in [0.2, 0.25) is 0 Å².